The van der Waals surface area contributed by atoms with E-state index in [1.165, 1.54) is 15.6 Å². The second-order valence-corrected chi connectivity index (χ2v) is 7.73. The minimum absolute atomic E-state index is 0. The highest BCUT2D eigenvalue weighted by atomic mass is 127. The third-order valence-corrected chi connectivity index (χ3v) is 5.99. The van der Waals surface area contributed by atoms with Crippen LogP contribution in [-0.4, -0.2) is 59.8 Å². The summed E-state index contributed by atoms with van der Waals surface area (Å²) in [4.78, 5) is 20.8. The van der Waals surface area contributed by atoms with Gasteiger partial charge in [0.2, 0.25) is 5.91 Å². The molecule has 29 heavy (non-hydrogen) atoms. The number of nitrogens with zero attached hydrogens (tertiary/aromatic N) is 5. The normalized spacial score (nSPS) is 15.0. The van der Waals surface area contributed by atoms with Crippen LogP contribution in [0.15, 0.2) is 47.0 Å². The van der Waals surface area contributed by atoms with E-state index in [0.717, 1.165) is 31.2 Å². The molecule has 7 nitrogen and oxygen atoms in total. The Kier molecular flexibility index (Phi) is 7.12. The van der Waals surface area contributed by atoms with E-state index in [-0.39, 0.29) is 29.9 Å². The molecule has 3 aromatic rings. The van der Waals surface area contributed by atoms with Crippen molar-refractivity contribution in [3.8, 4) is 0 Å². The van der Waals surface area contributed by atoms with E-state index in [4.69, 9.17) is 0 Å². The number of benzene rings is 1. The zero-order valence-corrected chi connectivity index (χ0v) is 19.7. The highest BCUT2D eigenvalue weighted by molar-refractivity contribution is 14.0. The maximum absolute atomic E-state index is 12.6. The van der Waals surface area contributed by atoms with Gasteiger partial charge in [-0.15, -0.1) is 35.3 Å². The average Bonchev–Trinajstić information content (AvgIpc) is 3.31. The van der Waals surface area contributed by atoms with Crippen molar-refractivity contribution in [2.75, 3.05) is 38.1 Å². The number of fused-ring (bicyclic) bond motifs is 1. The Morgan fingerprint density at radius 2 is 2.14 bits per heavy atom. The molecule has 154 valence electrons. The molecule has 2 aromatic heterocycles. The smallest absolute Gasteiger partial charge is 0.246 e. The van der Waals surface area contributed by atoms with Gasteiger partial charge in [0, 0.05) is 44.6 Å². The number of guanidine groups is 1. The molecule has 0 unspecified atom stereocenters. The summed E-state index contributed by atoms with van der Waals surface area (Å²) in [6.45, 7) is 2.46. The third kappa shape index (κ3) is 4.72. The number of hydrogen-bond donors (Lipinski definition) is 1. The zero-order chi connectivity index (χ0) is 19.5. The monoisotopic (exact) mass is 524 g/mol. The molecule has 0 spiro atoms. The minimum atomic E-state index is 0. The van der Waals surface area contributed by atoms with Gasteiger partial charge in [-0.25, -0.2) is 0 Å². The van der Waals surface area contributed by atoms with Gasteiger partial charge in [-0.2, -0.15) is 5.10 Å². The highest BCUT2D eigenvalue weighted by Crippen LogP contribution is 2.25. The van der Waals surface area contributed by atoms with Crippen LogP contribution in [0.1, 0.15) is 5.56 Å². The van der Waals surface area contributed by atoms with Gasteiger partial charge in [-0.1, -0.05) is 18.2 Å². The Bertz CT molecular complexity index is 1010. The van der Waals surface area contributed by atoms with Crippen molar-refractivity contribution in [1.82, 2.24) is 20.0 Å². The molecule has 1 aliphatic rings. The van der Waals surface area contributed by atoms with Gasteiger partial charge in [0.05, 0.1) is 11.9 Å². The number of piperazine rings is 1. The molecule has 0 bridgehead atoms. The molecule has 1 saturated heterocycles. The van der Waals surface area contributed by atoms with Crippen LogP contribution >= 0.6 is 35.3 Å². The van der Waals surface area contributed by atoms with Crippen LogP contribution in [-0.2, 0) is 18.3 Å². The molecular weight excluding hydrogens is 499 g/mol. The van der Waals surface area contributed by atoms with E-state index >= 15 is 0 Å². The molecule has 0 saturated carbocycles. The van der Waals surface area contributed by atoms with Crippen molar-refractivity contribution in [2.45, 2.75) is 6.42 Å². The number of nitrogens with one attached hydrogen (secondary N) is 1. The Hall–Kier alpha value is -2.14. The molecule has 0 radical (unpaired) electrons. The Morgan fingerprint density at radius 1 is 1.31 bits per heavy atom. The number of thiophene rings is 1. The number of aromatic nitrogens is 2. The fraction of sp³-hybridized carbons (Fsp3) is 0.350. The summed E-state index contributed by atoms with van der Waals surface area (Å²) in [6.07, 6.45) is 4.52. The molecule has 1 amide bonds. The van der Waals surface area contributed by atoms with E-state index in [0.29, 0.717) is 13.1 Å². The molecule has 0 aliphatic carbocycles. The number of carbonyl (C=O) groups is 1. The van der Waals surface area contributed by atoms with Crippen LogP contribution in [0.5, 0.6) is 0 Å². The molecule has 0 atom stereocenters. The number of rotatable bonds is 4. The van der Waals surface area contributed by atoms with Gasteiger partial charge in [0.15, 0.2) is 5.96 Å². The number of hydrogen-bond acceptors (Lipinski definition) is 4. The standard InChI is InChI=1S/C20H24N6OS.HI/c1-21-20(22-8-7-15-14-28-18-6-4-3-5-17(15)18)25-9-10-26(19(27)13-25)16-11-23-24(2)12-16;/h3-6,11-12,14H,7-10,13H2,1-2H3,(H,21,22);1H. The number of anilines is 1. The van der Waals surface area contributed by atoms with Crippen LogP contribution in [0.4, 0.5) is 5.69 Å². The van der Waals surface area contributed by atoms with E-state index < -0.39 is 0 Å². The van der Waals surface area contributed by atoms with Gasteiger partial charge in [0.25, 0.3) is 0 Å². The van der Waals surface area contributed by atoms with Gasteiger partial charge in [-0.3, -0.25) is 14.5 Å². The van der Waals surface area contributed by atoms with E-state index in [2.05, 4.69) is 45.1 Å². The molecule has 1 aromatic carbocycles. The first-order chi connectivity index (χ1) is 13.7. The molecule has 4 rings (SSSR count). The summed E-state index contributed by atoms with van der Waals surface area (Å²) < 4.78 is 3.03. The zero-order valence-electron chi connectivity index (χ0n) is 16.5. The number of halogens is 1. The lowest BCUT2D eigenvalue weighted by atomic mass is 10.1. The Labute approximate surface area is 191 Å². The van der Waals surface area contributed by atoms with Crippen LogP contribution in [0, 0.1) is 0 Å². The van der Waals surface area contributed by atoms with Crippen LogP contribution in [0.25, 0.3) is 10.1 Å². The molecule has 1 N–H and O–H groups in total. The van der Waals surface area contributed by atoms with E-state index in [1.54, 1.807) is 34.2 Å². The first kappa shape index (κ1) is 21.6. The third-order valence-electron chi connectivity index (χ3n) is 4.97. The van der Waals surface area contributed by atoms with Crippen molar-refractivity contribution >= 4 is 63.0 Å². The van der Waals surface area contributed by atoms with Gasteiger partial charge >= 0.3 is 0 Å². The number of aliphatic imine (C=N–C) groups is 1. The van der Waals surface area contributed by atoms with Crippen molar-refractivity contribution in [3.63, 3.8) is 0 Å². The van der Waals surface area contributed by atoms with Crippen LogP contribution in [0.3, 0.4) is 0 Å². The van der Waals surface area contributed by atoms with Crippen molar-refractivity contribution < 1.29 is 4.79 Å². The lowest BCUT2D eigenvalue weighted by Gasteiger charge is -2.35. The topological polar surface area (TPSA) is 65.8 Å². The maximum Gasteiger partial charge on any atom is 0.246 e. The summed E-state index contributed by atoms with van der Waals surface area (Å²) in [7, 11) is 3.62. The first-order valence-corrected chi connectivity index (χ1v) is 10.2. The quantitative estimate of drug-likeness (QED) is 0.324. The summed E-state index contributed by atoms with van der Waals surface area (Å²) in [6, 6.07) is 8.48. The average molecular weight is 524 g/mol. The van der Waals surface area contributed by atoms with Gasteiger partial charge < -0.3 is 15.1 Å². The second-order valence-electron chi connectivity index (χ2n) is 6.82. The number of aryl methyl sites for hydroxylation is 1. The molecule has 3 heterocycles. The lowest BCUT2D eigenvalue weighted by Crippen LogP contribution is -2.55. The van der Waals surface area contributed by atoms with Crippen LogP contribution < -0.4 is 10.2 Å². The van der Waals surface area contributed by atoms with Crippen molar-refractivity contribution in [3.05, 3.63) is 47.6 Å². The fourth-order valence-electron chi connectivity index (χ4n) is 3.54. The van der Waals surface area contributed by atoms with E-state index in [9.17, 15) is 4.79 Å². The van der Waals surface area contributed by atoms with Crippen molar-refractivity contribution in [1.29, 1.82) is 0 Å². The Morgan fingerprint density at radius 3 is 2.86 bits per heavy atom. The minimum Gasteiger partial charge on any atom is -0.356 e. The predicted octanol–water partition coefficient (Wildman–Crippen LogP) is 2.72. The largest absolute Gasteiger partial charge is 0.356 e. The Balaban J connectivity index is 0.00000240. The van der Waals surface area contributed by atoms with Crippen molar-refractivity contribution in [2.24, 2.45) is 12.0 Å². The predicted molar refractivity (Wildman–Crippen MR) is 129 cm³/mol. The lowest BCUT2D eigenvalue weighted by molar-refractivity contribution is -0.120. The second kappa shape index (κ2) is 9.57. The SMILES string of the molecule is CN=C(NCCc1csc2ccccc12)N1CCN(c2cnn(C)c2)C(=O)C1.I. The van der Waals surface area contributed by atoms with Crippen LogP contribution in [0.2, 0.25) is 0 Å². The van der Waals surface area contributed by atoms with E-state index in [1.807, 2.05) is 18.1 Å². The number of amides is 1. The summed E-state index contributed by atoms with van der Waals surface area (Å²) in [5.41, 5.74) is 2.19. The molecule has 1 aliphatic heterocycles. The van der Waals surface area contributed by atoms with Gasteiger partial charge in [0.1, 0.15) is 6.54 Å². The first-order valence-electron chi connectivity index (χ1n) is 9.35. The molecule has 9 heteroatoms. The summed E-state index contributed by atoms with van der Waals surface area (Å²) in [5.74, 6) is 0.838. The highest BCUT2D eigenvalue weighted by Gasteiger charge is 2.27. The number of carbonyl (C=O) groups excluding carboxylic acids is 1. The molecular formula is C20H25IN6OS. The van der Waals surface area contributed by atoms with Gasteiger partial charge in [-0.05, 0) is 28.8 Å². The maximum atomic E-state index is 12.6. The summed E-state index contributed by atoms with van der Waals surface area (Å²) >= 11 is 1.78. The fourth-order valence-corrected chi connectivity index (χ4v) is 4.54. The molecule has 1 fully saturated rings. The summed E-state index contributed by atoms with van der Waals surface area (Å²) in [5, 5.41) is 11.1.